The van der Waals surface area contributed by atoms with Crippen molar-refractivity contribution in [2.24, 2.45) is 0 Å². The summed E-state index contributed by atoms with van der Waals surface area (Å²) in [7, 11) is 0. The monoisotopic (exact) mass is 737 g/mol. The Kier molecular flexibility index (Phi) is 7.89. The van der Waals surface area contributed by atoms with Gasteiger partial charge in [-0.25, -0.2) is 4.98 Å². The van der Waals surface area contributed by atoms with Gasteiger partial charge in [-0.1, -0.05) is 146 Å². The molecular formula is C52H35NO2S. The van der Waals surface area contributed by atoms with Crippen LogP contribution in [0.1, 0.15) is 29.0 Å². The van der Waals surface area contributed by atoms with Crippen LogP contribution in [0.25, 0.3) is 86.9 Å². The van der Waals surface area contributed by atoms with Crippen LogP contribution >= 0.6 is 11.3 Å². The number of aromatic nitrogens is 1. The highest BCUT2D eigenvalue weighted by atomic mass is 32.1. The van der Waals surface area contributed by atoms with Crippen LogP contribution in [-0.2, 0) is 6.42 Å². The molecule has 0 fully saturated rings. The summed E-state index contributed by atoms with van der Waals surface area (Å²) in [6.45, 7) is 0. The number of hydrogen-bond acceptors (Lipinski definition) is 4. The first kappa shape index (κ1) is 32.7. The first-order valence-electron chi connectivity index (χ1n) is 19.2. The number of nitrogens with zero attached hydrogens (tertiary/aromatic N) is 1. The molecule has 0 aliphatic heterocycles. The minimum absolute atomic E-state index is 0.153. The molecule has 11 rings (SSSR count). The van der Waals surface area contributed by atoms with Crippen LogP contribution in [-0.4, -0.2) is 4.98 Å². The second kappa shape index (κ2) is 13.5. The molecule has 56 heavy (non-hydrogen) atoms. The predicted octanol–water partition coefficient (Wildman–Crippen LogP) is 14.9. The molecule has 266 valence electrons. The molecule has 3 aromatic heterocycles. The van der Waals surface area contributed by atoms with Crippen LogP contribution in [0, 0.1) is 0 Å². The van der Waals surface area contributed by atoms with Crippen molar-refractivity contribution in [3.63, 3.8) is 0 Å². The van der Waals surface area contributed by atoms with Gasteiger partial charge in [-0.3, -0.25) is 0 Å². The van der Waals surface area contributed by atoms with Crippen LogP contribution in [0.4, 0.5) is 0 Å². The number of hydrogen-bond donors (Lipinski definition) is 0. The zero-order valence-corrected chi connectivity index (χ0v) is 31.3. The molecule has 8 aromatic carbocycles. The van der Waals surface area contributed by atoms with Gasteiger partial charge < -0.3 is 8.83 Å². The van der Waals surface area contributed by atoms with Crippen LogP contribution in [0.15, 0.2) is 191 Å². The smallest absolute Gasteiger partial charge is 0.227 e. The molecule has 0 bridgehead atoms. The Morgan fingerprint density at radius 3 is 2.05 bits per heavy atom. The van der Waals surface area contributed by atoms with Crippen molar-refractivity contribution in [1.82, 2.24) is 4.98 Å². The van der Waals surface area contributed by atoms with Gasteiger partial charge in [0.15, 0.2) is 5.58 Å². The second-order valence-electron chi connectivity index (χ2n) is 14.6. The van der Waals surface area contributed by atoms with Crippen molar-refractivity contribution in [3.05, 3.63) is 199 Å². The van der Waals surface area contributed by atoms with E-state index in [1.807, 2.05) is 53.8 Å². The Bertz CT molecular complexity index is 3190. The fourth-order valence-electron chi connectivity index (χ4n) is 8.42. The van der Waals surface area contributed by atoms with Gasteiger partial charge in [0.2, 0.25) is 5.89 Å². The summed E-state index contributed by atoms with van der Waals surface area (Å²) >= 11 is 1.88. The van der Waals surface area contributed by atoms with E-state index in [2.05, 4.69) is 140 Å². The number of thiophene rings is 1. The molecule has 3 heterocycles. The molecule has 0 saturated carbocycles. The van der Waals surface area contributed by atoms with E-state index >= 15 is 0 Å². The normalized spacial score (nSPS) is 12.4. The molecule has 0 amide bonds. The third-order valence-electron chi connectivity index (χ3n) is 11.2. The van der Waals surface area contributed by atoms with E-state index in [0.717, 1.165) is 51.4 Å². The van der Waals surface area contributed by atoms with E-state index < -0.39 is 0 Å². The molecule has 0 spiro atoms. The van der Waals surface area contributed by atoms with Crippen LogP contribution in [0.2, 0.25) is 0 Å². The predicted molar refractivity (Wildman–Crippen MR) is 234 cm³/mol. The Hall–Kier alpha value is -6.75. The minimum atomic E-state index is 0.153. The number of fused-ring (bicyclic) bond motifs is 8. The van der Waals surface area contributed by atoms with Gasteiger partial charge >= 0.3 is 0 Å². The van der Waals surface area contributed by atoms with E-state index in [-0.39, 0.29) is 5.92 Å². The van der Waals surface area contributed by atoms with Gasteiger partial charge in [-0.15, -0.1) is 11.3 Å². The first-order chi connectivity index (χ1) is 27.7. The van der Waals surface area contributed by atoms with Crippen molar-refractivity contribution in [1.29, 1.82) is 0 Å². The van der Waals surface area contributed by atoms with E-state index in [1.54, 1.807) is 0 Å². The Labute approximate surface area is 328 Å². The minimum Gasteiger partial charge on any atom is -0.456 e. The van der Waals surface area contributed by atoms with Crippen molar-refractivity contribution >= 4 is 64.5 Å². The highest BCUT2D eigenvalue weighted by Crippen LogP contribution is 2.42. The molecule has 0 N–H and O–H groups in total. The van der Waals surface area contributed by atoms with Crippen LogP contribution in [0.3, 0.4) is 0 Å². The lowest BCUT2D eigenvalue weighted by atomic mass is 9.84. The van der Waals surface area contributed by atoms with E-state index in [0.29, 0.717) is 5.89 Å². The van der Waals surface area contributed by atoms with Crippen molar-refractivity contribution < 1.29 is 8.83 Å². The SMILES string of the molecule is c1ccc(-c2cccc(C(CCc3ccc(-c4cccc5c4sc4ccccc45)cc3)c3ccc4c(c3)oc3ccc5oc(-c6ccccc6)nc5c34)c2)cc1. The summed E-state index contributed by atoms with van der Waals surface area (Å²) in [5.41, 5.74) is 13.1. The zero-order chi connectivity index (χ0) is 37.0. The maximum absolute atomic E-state index is 6.58. The highest BCUT2D eigenvalue weighted by molar-refractivity contribution is 7.26. The third kappa shape index (κ3) is 5.69. The third-order valence-corrected chi connectivity index (χ3v) is 12.4. The van der Waals surface area contributed by atoms with Gasteiger partial charge in [-0.2, -0.15) is 0 Å². The van der Waals surface area contributed by atoms with Gasteiger partial charge in [0.05, 0.1) is 5.39 Å². The topological polar surface area (TPSA) is 39.2 Å². The van der Waals surface area contributed by atoms with E-state index in [4.69, 9.17) is 13.8 Å². The summed E-state index contributed by atoms with van der Waals surface area (Å²) in [4.78, 5) is 4.96. The van der Waals surface area contributed by atoms with Gasteiger partial charge in [0.1, 0.15) is 16.7 Å². The summed E-state index contributed by atoms with van der Waals surface area (Å²) < 4.78 is 15.5. The fraction of sp³-hybridized carbons (Fsp3) is 0.0577. The van der Waals surface area contributed by atoms with Gasteiger partial charge in [-0.05, 0) is 88.2 Å². The van der Waals surface area contributed by atoms with Crippen molar-refractivity contribution in [2.45, 2.75) is 18.8 Å². The number of aryl methyl sites for hydroxylation is 1. The molecule has 0 aliphatic rings. The lowest BCUT2D eigenvalue weighted by Crippen LogP contribution is -2.04. The van der Waals surface area contributed by atoms with Gasteiger partial charge in [0.25, 0.3) is 0 Å². The largest absolute Gasteiger partial charge is 0.456 e. The zero-order valence-electron chi connectivity index (χ0n) is 30.5. The number of benzene rings is 8. The van der Waals surface area contributed by atoms with Crippen molar-refractivity contribution in [3.8, 4) is 33.7 Å². The standard InChI is InChI=1S/C52H35NO2S/c1-3-11-34(12-4-1)37-15-9-16-38(31-37)40(27-23-33-21-24-35(25-22-33)41-18-10-19-43-42-17-7-8-20-48(42)56-51(41)43)39-26-28-44-47(32-39)54-45-29-30-46-50(49(44)45)53-52(55-46)36-13-5-2-6-14-36/h1-22,24-26,28-32,40H,23,27H2. The summed E-state index contributed by atoms with van der Waals surface area (Å²) in [5.74, 6) is 0.766. The average Bonchev–Trinajstić information content (AvgIpc) is 3.98. The maximum Gasteiger partial charge on any atom is 0.227 e. The average molecular weight is 738 g/mol. The lowest BCUT2D eigenvalue weighted by molar-refractivity contribution is 0.619. The summed E-state index contributed by atoms with van der Waals surface area (Å²) in [5, 5.41) is 4.70. The summed E-state index contributed by atoms with van der Waals surface area (Å²) in [6.07, 6.45) is 1.89. The van der Waals surface area contributed by atoms with Crippen LogP contribution < -0.4 is 0 Å². The number of oxazole rings is 1. The van der Waals surface area contributed by atoms with E-state index in [1.165, 1.54) is 59.1 Å². The lowest BCUT2D eigenvalue weighted by Gasteiger charge is -2.20. The maximum atomic E-state index is 6.58. The molecule has 3 nitrogen and oxygen atoms in total. The molecule has 1 unspecified atom stereocenters. The molecule has 1 atom stereocenters. The highest BCUT2D eigenvalue weighted by Gasteiger charge is 2.21. The molecule has 4 heteroatoms. The number of rotatable bonds is 8. The molecular weight excluding hydrogens is 703 g/mol. The Morgan fingerprint density at radius 1 is 0.482 bits per heavy atom. The van der Waals surface area contributed by atoms with Crippen LogP contribution in [0.5, 0.6) is 0 Å². The Balaban J connectivity index is 0.954. The van der Waals surface area contributed by atoms with Crippen molar-refractivity contribution in [2.75, 3.05) is 0 Å². The quantitative estimate of drug-likeness (QED) is 0.156. The molecule has 0 saturated heterocycles. The second-order valence-corrected chi connectivity index (χ2v) is 15.6. The summed E-state index contributed by atoms with van der Waals surface area (Å²) in [6, 6.07) is 65.1. The van der Waals surface area contributed by atoms with Gasteiger partial charge in [0, 0.05) is 37.0 Å². The molecule has 0 aliphatic carbocycles. The Morgan fingerprint density at radius 2 is 1.20 bits per heavy atom. The fourth-order valence-corrected chi connectivity index (χ4v) is 9.66. The molecule has 0 radical (unpaired) electrons. The first-order valence-corrected chi connectivity index (χ1v) is 20.0. The molecule has 11 aromatic rings. The number of furan rings is 1. The van der Waals surface area contributed by atoms with E-state index in [9.17, 15) is 0 Å².